The van der Waals surface area contributed by atoms with E-state index in [2.05, 4.69) is 27.9 Å². The fourth-order valence-electron chi connectivity index (χ4n) is 2.05. The first-order chi connectivity index (χ1) is 9.20. The minimum absolute atomic E-state index is 0.0516. The van der Waals surface area contributed by atoms with Gasteiger partial charge in [-0.1, -0.05) is 43.3 Å². The summed E-state index contributed by atoms with van der Waals surface area (Å²) >= 11 is 2.24. The van der Waals surface area contributed by atoms with Crippen molar-refractivity contribution in [3.63, 3.8) is 0 Å². The molecule has 0 saturated heterocycles. The third-order valence-corrected chi connectivity index (χ3v) is 3.69. The molecule has 0 aromatic heterocycles. The lowest BCUT2D eigenvalue weighted by molar-refractivity contribution is -0.117. The second kappa shape index (κ2) is 6.70. The molecule has 0 aliphatic carbocycles. The van der Waals surface area contributed by atoms with Crippen molar-refractivity contribution in [1.29, 1.82) is 0 Å². The van der Waals surface area contributed by atoms with Gasteiger partial charge in [0.25, 0.3) is 0 Å². The van der Waals surface area contributed by atoms with Crippen LogP contribution in [0.2, 0.25) is 0 Å². The van der Waals surface area contributed by atoms with Gasteiger partial charge in [0, 0.05) is 9.26 Å². The number of anilines is 1. The van der Waals surface area contributed by atoms with Gasteiger partial charge < -0.3 is 5.32 Å². The lowest BCUT2D eigenvalue weighted by atomic mass is 9.95. The smallest absolute Gasteiger partial charge is 0.231 e. The predicted molar refractivity (Wildman–Crippen MR) is 87.3 cm³/mol. The molecule has 1 atom stereocenters. The number of carbonyl (C=O) groups excluding carboxylic acids is 1. The molecule has 0 aliphatic heterocycles. The standard InChI is InChI=1S/C16H16INO/c1-2-15(12-7-4-3-5-8-12)16(19)18-14-10-6-9-13(17)11-14/h3-11,15H,2H2,1H3,(H,18,19). The van der Waals surface area contributed by atoms with Crippen LogP contribution in [0.4, 0.5) is 5.69 Å². The molecule has 2 aromatic rings. The maximum atomic E-state index is 12.3. The molecule has 19 heavy (non-hydrogen) atoms. The summed E-state index contributed by atoms with van der Waals surface area (Å²) in [6.45, 7) is 2.03. The summed E-state index contributed by atoms with van der Waals surface area (Å²) < 4.78 is 1.11. The molecule has 0 heterocycles. The average molecular weight is 365 g/mol. The van der Waals surface area contributed by atoms with Gasteiger partial charge in [-0.25, -0.2) is 0 Å². The third-order valence-electron chi connectivity index (χ3n) is 3.02. The molecule has 2 aromatic carbocycles. The Hall–Kier alpha value is -1.36. The second-order valence-electron chi connectivity index (χ2n) is 4.37. The van der Waals surface area contributed by atoms with Gasteiger partial charge in [-0.15, -0.1) is 0 Å². The third kappa shape index (κ3) is 3.80. The zero-order valence-electron chi connectivity index (χ0n) is 10.8. The van der Waals surface area contributed by atoms with Crippen LogP contribution in [-0.4, -0.2) is 5.91 Å². The first-order valence-electron chi connectivity index (χ1n) is 6.32. The summed E-state index contributed by atoms with van der Waals surface area (Å²) in [5.41, 5.74) is 1.92. The summed E-state index contributed by atoms with van der Waals surface area (Å²) in [4.78, 5) is 12.3. The Labute approximate surface area is 127 Å². The lowest BCUT2D eigenvalue weighted by Gasteiger charge is -2.15. The van der Waals surface area contributed by atoms with Crippen LogP contribution >= 0.6 is 22.6 Å². The van der Waals surface area contributed by atoms with Crippen molar-refractivity contribution in [3.8, 4) is 0 Å². The largest absolute Gasteiger partial charge is 0.326 e. The normalized spacial score (nSPS) is 11.9. The number of rotatable bonds is 4. The highest BCUT2D eigenvalue weighted by Crippen LogP contribution is 2.22. The van der Waals surface area contributed by atoms with E-state index in [1.165, 1.54) is 0 Å². The number of halogens is 1. The minimum Gasteiger partial charge on any atom is -0.326 e. The van der Waals surface area contributed by atoms with E-state index in [1.54, 1.807) is 0 Å². The van der Waals surface area contributed by atoms with Crippen LogP contribution in [0.15, 0.2) is 54.6 Å². The van der Waals surface area contributed by atoms with Crippen molar-refractivity contribution in [2.45, 2.75) is 19.3 Å². The number of nitrogens with one attached hydrogen (secondary N) is 1. The fraction of sp³-hybridized carbons (Fsp3) is 0.188. The highest BCUT2D eigenvalue weighted by molar-refractivity contribution is 14.1. The van der Waals surface area contributed by atoms with Crippen LogP contribution in [0.25, 0.3) is 0 Å². The molecule has 0 aliphatic rings. The van der Waals surface area contributed by atoms with Gasteiger partial charge in [0.05, 0.1) is 5.92 Å². The predicted octanol–water partition coefficient (Wildman–Crippen LogP) is 4.42. The molecule has 2 rings (SSSR count). The van der Waals surface area contributed by atoms with Crippen LogP contribution in [0.5, 0.6) is 0 Å². The van der Waals surface area contributed by atoms with Crippen molar-refractivity contribution in [2.75, 3.05) is 5.32 Å². The van der Waals surface area contributed by atoms with E-state index in [1.807, 2.05) is 61.5 Å². The van der Waals surface area contributed by atoms with Gasteiger partial charge in [-0.05, 0) is 52.8 Å². The molecular formula is C16H16INO. The van der Waals surface area contributed by atoms with Gasteiger partial charge in [-0.3, -0.25) is 4.79 Å². The van der Waals surface area contributed by atoms with Gasteiger partial charge >= 0.3 is 0 Å². The summed E-state index contributed by atoms with van der Waals surface area (Å²) in [5, 5.41) is 2.99. The summed E-state index contributed by atoms with van der Waals surface area (Å²) in [6.07, 6.45) is 0.791. The number of benzene rings is 2. The van der Waals surface area contributed by atoms with Gasteiger partial charge in [0.1, 0.15) is 0 Å². The Morgan fingerprint density at radius 2 is 1.89 bits per heavy atom. The molecule has 98 valence electrons. The van der Waals surface area contributed by atoms with E-state index >= 15 is 0 Å². The molecule has 1 N–H and O–H groups in total. The molecule has 1 unspecified atom stereocenters. The molecule has 0 bridgehead atoms. The summed E-state index contributed by atoms with van der Waals surface area (Å²) in [5.74, 6) is -0.0465. The second-order valence-corrected chi connectivity index (χ2v) is 5.62. The van der Waals surface area contributed by atoms with Crippen LogP contribution in [0.3, 0.4) is 0 Å². The monoisotopic (exact) mass is 365 g/mol. The molecule has 1 amide bonds. The molecule has 0 fully saturated rings. The molecular weight excluding hydrogens is 349 g/mol. The maximum absolute atomic E-state index is 12.3. The van der Waals surface area contributed by atoms with Crippen LogP contribution in [0.1, 0.15) is 24.8 Å². The van der Waals surface area contributed by atoms with Crippen LogP contribution < -0.4 is 5.32 Å². The topological polar surface area (TPSA) is 29.1 Å². The molecule has 2 nitrogen and oxygen atoms in total. The van der Waals surface area contributed by atoms with E-state index in [9.17, 15) is 4.79 Å². The minimum atomic E-state index is -0.0981. The molecule has 3 heteroatoms. The van der Waals surface area contributed by atoms with E-state index in [0.29, 0.717) is 0 Å². The van der Waals surface area contributed by atoms with Crippen molar-refractivity contribution in [3.05, 3.63) is 63.7 Å². The number of amides is 1. The van der Waals surface area contributed by atoms with E-state index in [0.717, 1.165) is 21.2 Å². The van der Waals surface area contributed by atoms with E-state index in [-0.39, 0.29) is 11.8 Å². The Bertz CT molecular complexity index is 554. The Balaban J connectivity index is 2.14. The van der Waals surface area contributed by atoms with Gasteiger partial charge in [0.15, 0.2) is 0 Å². The van der Waals surface area contributed by atoms with Crippen molar-refractivity contribution in [2.24, 2.45) is 0 Å². The van der Waals surface area contributed by atoms with E-state index < -0.39 is 0 Å². The number of carbonyl (C=O) groups is 1. The number of hydrogen-bond donors (Lipinski definition) is 1. The van der Waals surface area contributed by atoms with Crippen molar-refractivity contribution in [1.82, 2.24) is 0 Å². The average Bonchev–Trinajstić information content (AvgIpc) is 2.41. The Morgan fingerprint density at radius 3 is 2.53 bits per heavy atom. The number of hydrogen-bond acceptors (Lipinski definition) is 1. The Morgan fingerprint density at radius 1 is 1.16 bits per heavy atom. The van der Waals surface area contributed by atoms with Gasteiger partial charge in [-0.2, -0.15) is 0 Å². The summed E-state index contributed by atoms with van der Waals surface area (Å²) in [6, 6.07) is 17.7. The first kappa shape index (κ1) is 14.1. The molecule has 0 spiro atoms. The fourth-order valence-corrected chi connectivity index (χ4v) is 2.60. The van der Waals surface area contributed by atoms with Gasteiger partial charge in [0.2, 0.25) is 5.91 Å². The SMILES string of the molecule is CCC(C(=O)Nc1cccc(I)c1)c1ccccc1. The summed E-state index contributed by atoms with van der Waals surface area (Å²) in [7, 11) is 0. The molecule has 0 radical (unpaired) electrons. The Kier molecular flexibility index (Phi) is 4.96. The zero-order valence-corrected chi connectivity index (χ0v) is 12.9. The molecule has 0 saturated carbocycles. The van der Waals surface area contributed by atoms with Crippen LogP contribution in [0, 0.1) is 3.57 Å². The maximum Gasteiger partial charge on any atom is 0.231 e. The van der Waals surface area contributed by atoms with E-state index in [4.69, 9.17) is 0 Å². The highest BCUT2D eigenvalue weighted by atomic mass is 127. The first-order valence-corrected chi connectivity index (χ1v) is 7.40. The van der Waals surface area contributed by atoms with Crippen molar-refractivity contribution >= 4 is 34.2 Å². The lowest BCUT2D eigenvalue weighted by Crippen LogP contribution is -2.20. The van der Waals surface area contributed by atoms with Crippen LogP contribution in [-0.2, 0) is 4.79 Å². The highest BCUT2D eigenvalue weighted by Gasteiger charge is 2.18. The quantitative estimate of drug-likeness (QED) is 0.799. The zero-order chi connectivity index (χ0) is 13.7. The van der Waals surface area contributed by atoms with Crippen molar-refractivity contribution < 1.29 is 4.79 Å².